The number of para-hydroxylation sites is 1. The minimum Gasteiger partial charge on any atom is -0.323 e. The van der Waals surface area contributed by atoms with Crippen LogP contribution >= 0.6 is 11.8 Å². The largest absolute Gasteiger partial charge is 0.323 e. The molecule has 1 N–H and O–H groups in total. The molecule has 28 heavy (non-hydrogen) atoms. The Labute approximate surface area is 165 Å². The van der Waals surface area contributed by atoms with Gasteiger partial charge in [0.25, 0.3) is 0 Å². The quantitative estimate of drug-likeness (QED) is 0.553. The average Bonchev–Trinajstić information content (AvgIpc) is 2.69. The van der Waals surface area contributed by atoms with Crippen LogP contribution in [0.4, 0.5) is 18.9 Å². The van der Waals surface area contributed by atoms with Gasteiger partial charge in [-0.3, -0.25) is 4.79 Å². The van der Waals surface area contributed by atoms with E-state index in [-0.39, 0.29) is 28.5 Å². The SMILES string of the molecule is C[C@@H](SC(c1ccc(F)cc1)c1ccc(F)cc1)C(=O)Nc1ccccc1F. The van der Waals surface area contributed by atoms with Crippen molar-refractivity contribution in [2.75, 3.05) is 5.32 Å². The van der Waals surface area contributed by atoms with Gasteiger partial charge in [0.1, 0.15) is 17.5 Å². The van der Waals surface area contributed by atoms with Crippen LogP contribution in [0, 0.1) is 17.5 Å². The minimum atomic E-state index is -0.542. The lowest BCUT2D eigenvalue weighted by Crippen LogP contribution is -2.24. The van der Waals surface area contributed by atoms with Crippen molar-refractivity contribution in [1.29, 1.82) is 0 Å². The number of amides is 1. The van der Waals surface area contributed by atoms with Gasteiger partial charge in [-0.2, -0.15) is 0 Å². The van der Waals surface area contributed by atoms with Crippen molar-refractivity contribution < 1.29 is 18.0 Å². The molecule has 0 aromatic heterocycles. The van der Waals surface area contributed by atoms with E-state index >= 15 is 0 Å². The number of benzene rings is 3. The van der Waals surface area contributed by atoms with E-state index in [1.807, 2.05) is 0 Å². The molecule has 0 aliphatic heterocycles. The van der Waals surface area contributed by atoms with Crippen LogP contribution in [0.1, 0.15) is 23.3 Å². The zero-order chi connectivity index (χ0) is 20.1. The molecule has 0 aliphatic carbocycles. The highest BCUT2D eigenvalue weighted by atomic mass is 32.2. The Morgan fingerprint density at radius 3 is 1.82 bits per heavy atom. The Hall–Kier alpha value is -2.73. The van der Waals surface area contributed by atoms with E-state index in [0.717, 1.165) is 11.1 Å². The van der Waals surface area contributed by atoms with Crippen molar-refractivity contribution in [2.24, 2.45) is 0 Å². The van der Waals surface area contributed by atoms with Crippen LogP contribution in [0.2, 0.25) is 0 Å². The molecular weight excluding hydrogens is 383 g/mol. The molecule has 1 amide bonds. The Bertz CT molecular complexity index is 899. The van der Waals surface area contributed by atoms with Gasteiger partial charge in [-0.1, -0.05) is 36.4 Å². The smallest absolute Gasteiger partial charge is 0.237 e. The van der Waals surface area contributed by atoms with E-state index in [1.54, 1.807) is 43.3 Å². The van der Waals surface area contributed by atoms with Crippen LogP contribution in [-0.2, 0) is 4.79 Å². The normalized spacial score (nSPS) is 12.0. The fourth-order valence-corrected chi connectivity index (χ4v) is 3.91. The molecule has 0 radical (unpaired) electrons. The Kier molecular flexibility index (Phi) is 6.41. The van der Waals surface area contributed by atoms with Gasteiger partial charge in [0.2, 0.25) is 5.91 Å². The molecular formula is C22H18F3NOS. The highest BCUT2D eigenvalue weighted by molar-refractivity contribution is 8.01. The summed E-state index contributed by atoms with van der Waals surface area (Å²) in [5.74, 6) is -1.60. The summed E-state index contributed by atoms with van der Waals surface area (Å²) in [7, 11) is 0. The number of anilines is 1. The Balaban J connectivity index is 1.82. The summed E-state index contributed by atoms with van der Waals surface area (Å²) in [5, 5.41) is 1.72. The van der Waals surface area contributed by atoms with Crippen LogP contribution in [-0.4, -0.2) is 11.2 Å². The van der Waals surface area contributed by atoms with E-state index in [0.29, 0.717) is 0 Å². The monoisotopic (exact) mass is 401 g/mol. The van der Waals surface area contributed by atoms with Gasteiger partial charge in [-0.15, -0.1) is 11.8 Å². The van der Waals surface area contributed by atoms with Crippen molar-refractivity contribution in [2.45, 2.75) is 17.4 Å². The first-order chi connectivity index (χ1) is 13.4. The zero-order valence-electron chi connectivity index (χ0n) is 15.0. The van der Waals surface area contributed by atoms with E-state index in [2.05, 4.69) is 5.32 Å². The van der Waals surface area contributed by atoms with Gasteiger partial charge in [-0.25, -0.2) is 13.2 Å². The maximum atomic E-state index is 13.8. The third-order valence-electron chi connectivity index (χ3n) is 4.19. The highest BCUT2D eigenvalue weighted by Gasteiger charge is 2.23. The maximum absolute atomic E-state index is 13.8. The number of hydrogen-bond donors (Lipinski definition) is 1. The van der Waals surface area contributed by atoms with E-state index in [1.165, 1.54) is 48.2 Å². The number of rotatable bonds is 6. The maximum Gasteiger partial charge on any atom is 0.237 e. The first kappa shape index (κ1) is 20.0. The van der Waals surface area contributed by atoms with Crippen molar-refractivity contribution >= 4 is 23.4 Å². The standard InChI is InChI=1S/C22H18F3NOS/c1-14(22(27)26-20-5-3-2-4-19(20)25)28-21(15-6-10-17(23)11-7-15)16-8-12-18(24)13-9-16/h2-14,21H,1H3,(H,26,27)/t14-/m1/s1. The molecule has 2 nitrogen and oxygen atoms in total. The van der Waals surface area contributed by atoms with E-state index < -0.39 is 11.1 Å². The van der Waals surface area contributed by atoms with Gasteiger partial charge < -0.3 is 5.32 Å². The first-order valence-corrected chi connectivity index (χ1v) is 9.60. The summed E-state index contributed by atoms with van der Waals surface area (Å²) in [6.07, 6.45) is 0. The lowest BCUT2D eigenvalue weighted by Gasteiger charge is -2.22. The van der Waals surface area contributed by atoms with Crippen molar-refractivity contribution in [1.82, 2.24) is 0 Å². The Morgan fingerprint density at radius 1 is 0.821 bits per heavy atom. The number of nitrogens with one attached hydrogen (secondary N) is 1. The van der Waals surface area contributed by atoms with Gasteiger partial charge in [0.05, 0.1) is 16.2 Å². The lowest BCUT2D eigenvalue weighted by molar-refractivity contribution is -0.115. The summed E-state index contributed by atoms with van der Waals surface area (Å²) < 4.78 is 40.4. The average molecular weight is 401 g/mol. The number of thioether (sulfide) groups is 1. The molecule has 0 aliphatic rings. The second kappa shape index (κ2) is 8.97. The number of halogens is 3. The molecule has 144 valence electrons. The fourth-order valence-electron chi connectivity index (χ4n) is 2.69. The molecule has 0 saturated carbocycles. The molecule has 3 aromatic carbocycles. The minimum absolute atomic E-state index is 0.111. The summed E-state index contributed by atoms with van der Waals surface area (Å²) in [5.41, 5.74) is 1.67. The molecule has 6 heteroatoms. The predicted octanol–water partition coefficient (Wildman–Crippen LogP) is 5.95. The number of carbonyl (C=O) groups excluding carboxylic acids is 1. The second-order valence-electron chi connectivity index (χ2n) is 6.23. The molecule has 0 spiro atoms. The lowest BCUT2D eigenvalue weighted by atomic mass is 10.0. The Morgan fingerprint density at radius 2 is 1.32 bits per heavy atom. The third kappa shape index (κ3) is 4.95. The number of hydrogen-bond acceptors (Lipinski definition) is 2. The molecule has 1 atom stereocenters. The molecule has 0 heterocycles. The topological polar surface area (TPSA) is 29.1 Å². The van der Waals surface area contributed by atoms with Crippen LogP contribution in [0.5, 0.6) is 0 Å². The summed E-state index contributed by atoms with van der Waals surface area (Å²) in [4.78, 5) is 12.6. The summed E-state index contributed by atoms with van der Waals surface area (Å²) in [6.45, 7) is 1.71. The van der Waals surface area contributed by atoms with E-state index in [4.69, 9.17) is 0 Å². The zero-order valence-corrected chi connectivity index (χ0v) is 15.8. The van der Waals surface area contributed by atoms with Crippen LogP contribution in [0.3, 0.4) is 0 Å². The molecule has 3 aromatic rings. The molecule has 3 rings (SSSR count). The first-order valence-electron chi connectivity index (χ1n) is 8.66. The van der Waals surface area contributed by atoms with Gasteiger partial charge in [0.15, 0.2) is 0 Å². The molecule has 0 saturated heterocycles. The summed E-state index contributed by atoms with van der Waals surface area (Å²) in [6, 6.07) is 17.9. The molecule has 0 bridgehead atoms. The van der Waals surface area contributed by atoms with Crippen LogP contribution in [0.15, 0.2) is 72.8 Å². The third-order valence-corrected chi connectivity index (χ3v) is 5.63. The number of carbonyl (C=O) groups is 1. The van der Waals surface area contributed by atoms with Gasteiger partial charge in [0, 0.05) is 0 Å². The van der Waals surface area contributed by atoms with Crippen molar-refractivity contribution in [3.05, 3.63) is 101 Å². The van der Waals surface area contributed by atoms with Gasteiger partial charge in [-0.05, 0) is 54.4 Å². The van der Waals surface area contributed by atoms with Gasteiger partial charge >= 0.3 is 0 Å². The summed E-state index contributed by atoms with van der Waals surface area (Å²) >= 11 is 1.32. The van der Waals surface area contributed by atoms with Crippen molar-refractivity contribution in [3.63, 3.8) is 0 Å². The molecule has 0 unspecified atom stereocenters. The predicted molar refractivity (Wildman–Crippen MR) is 107 cm³/mol. The van der Waals surface area contributed by atoms with Crippen LogP contribution < -0.4 is 5.32 Å². The van der Waals surface area contributed by atoms with Crippen molar-refractivity contribution in [3.8, 4) is 0 Å². The second-order valence-corrected chi connectivity index (χ2v) is 7.68. The van der Waals surface area contributed by atoms with Crippen LogP contribution in [0.25, 0.3) is 0 Å². The molecule has 0 fully saturated rings. The fraction of sp³-hybridized carbons (Fsp3) is 0.136. The van der Waals surface area contributed by atoms with E-state index in [9.17, 15) is 18.0 Å². The highest BCUT2D eigenvalue weighted by Crippen LogP contribution is 2.38.